The fourth-order valence-electron chi connectivity index (χ4n) is 1.54. The molecule has 88 valence electrons. The Balaban J connectivity index is 1.83. The summed E-state index contributed by atoms with van der Waals surface area (Å²) >= 11 is 5.75. The van der Waals surface area contributed by atoms with Crippen LogP contribution < -0.4 is 5.32 Å². The van der Waals surface area contributed by atoms with Crippen molar-refractivity contribution in [2.45, 2.75) is 6.42 Å². The number of amides is 1. The summed E-state index contributed by atoms with van der Waals surface area (Å²) < 4.78 is 0. The third-order valence-electron chi connectivity index (χ3n) is 2.47. The SMILES string of the molecule is O=C(NCCc1cc[nH]c1)c1ccc(Cl)cc1. The molecule has 0 aliphatic rings. The zero-order chi connectivity index (χ0) is 12.1. The van der Waals surface area contributed by atoms with E-state index in [1.165, 1.54) is 5.56 Å². The molecule has 0 aliphatic heterocycles. The van der Waals surface area contributed by atoms with Crippen molar-refractivity contribution in [2.75, 3.05) is 6.54 Å². The molecule has 1 amide bonds. The van der Waals surface area contributed by atoms with Gasteiger partial charge in [-0.2, -0.15) is 0 Å². The van der Waals surface area contributed by atoms with Crippen molar-refractivity contribution in [3.8, 4) is 0 Å². The van der Waals surface area contributed by atoms with Crippen LogP contribution in [0, 0.1) is 0 Å². The highest BCUT2D eigenvalue weighted by molar-refractivity contribution is 6.30. The standard InChI is InChI=1S/C13H13ClN2O/c14-12-3-1-11(2-4-12)13(17)16-8-6-10-5-7-15-9-10/h1-5,7,9,15H,6,8H2,(H,16,17). The molecule has 0 radical (unpaired) electrons. The number of aromatic amines is 1. The molecule has 0 bridgehead atoms. The van der Waals surface area contributed by atoms with Crippen molar-refractivity contribution in [3.63, 3.8) is 0 Å². The van der Waals surface area contributed by atoms with Crippen LogP contribution >= 0.6 is 11.6 Å². The first-order valence-electron chi connectivity index (χ1n) is 5.41. The molecule has 0 spiro atoms. The molecule has 1 aromatic carbocycles. The molecule has 1 heterocycles. The van der Waals surface area contributed by atoms with E-state index in [-0.39, 0.29) is 5.91 Å². The van der Waals surface area contributed by atoms with Crippen LogP contribution in [0.2, 0.25) is 5.02 Å². The van der Waals surface area contributed by atoms with Gasteiger partial charge in [0.1, 0.15) is 0 Å². The molecule has 0 aliphatic carbocycles. The molecular formula is C13H13ClN2O. The molecule has 0 unspecified atom stereocenters. The van der Waals surface area contributed by atoms with E-state index in [1.807, 2.05) is 18.5 Å². The second-order valence-corrected chi connectivity index (χ2v) is 4.17. The Labute approximate surface area is 105 Å². The van der Waals surface area contributed by atoms with Crippen LogP contribution in [0.3, 0.4) is 0 Å². The van der Waals surface area contributed by atoms with Gasteiger partial charge < -0.3 is 10.3 Å². The third kappa shape index (κ3) is 3.36. The Hall–Kier alpha value is -1.74. The summed E-state index contributed by atoms with van der Waals surface area (Å²) in [6.45, 7) is 0.624. The number of carbonyl (C=O) groups is 1. The van der Waals surface area contributed by atoms with Crippen LogP contribution in [0.1, 0.15) is 15.9 Å². The lowest BCUT2D eigenvalue weighted by Gasteiger charge is -2.04. The average Bonchev–Trinajstić information content (AvgIpc) is 2.83. The fraction of sp³-hybridized carbons (Fsp3) is 0.154. The van der Waals surface area contributed by atoms with Crippen LogP contribution in [0.25, 0.3) is 0 Å². The fourth-order valence-corrected chi connectivity index (χ4v) is 1.66. The van der Waals surface area contributed by atoms with Gasteiger partial charge in [-0.1, -0.05) is 11.6 Å². The highest BCUT2D eigenvalue weighted by Crippen LogP contribution is 2.09. The molecule has 0 atom stereocenters. The van der Waals surface area contributed by atoms with Crippen LogP contribution in [0.5, 0.6) is 0 Å². The maximum absolute atomic E-state index is 11.7. The van der Waals surface area contributed by atoms with Crippen molar-refractivity contribution in [1.82, 2.24) is 10.3 Å². The van der Waals surface area contributed by atoms with Crippen molar-refractivity contribution < 1.29 is 4.79 Å². The van der Waals surface area contributed by atoms with Crippen molar-refractivity contribution in [3.05, 3.63) is 58.9 Å². The van der Waals surface area contributed by atoms with E-state index >= 15 is 0 Å². The van der Waals surface area contributed by atoms with Gasteiger partial charge in [-0.3, -0.25) is 4.79 Å². The summed E-state index contributed by atoms with van der Waals surface area (Å²) in [7, 11) is 0. The predicted molar refractivity (Wildman–Crippen MR) is 68.3 cm³/mol. The summed E-state index contributed by atoms with van der Waals surface area (Å²) in [6, 6.07) is 8.85. The Morgan fingerprint density at radius 3 is 2.65 bits per heavy atom. The number of halogens is 1. The molecule has 2 rings (SSSR count). The highest BCUT2D eigenvalue weighted by Gasteiger charge is 2.04. The summed E-state index contributed by atoms with van der Waals surface area (Å²) in [5.41, 5.74) is 1.81. The first-order valence-corrected chi connectivity index (χ1v) is 5.79. The van der Waals surface area contributed by atoms with Crippen molar-refractivity contribution >= 4 is 17.5 Å². The van der Waals surface area contributed by atoms with Crippen LogP contribution in [-0.2, 0) is 6.42 Å². The summed E-state index contributed by atoms with van der Waals surface area (Å²) in [5.74, 6) is -0.0720. The number of aromatic nitrogens is 1. The van der Waals surface area contributed by atoms with Gasteiger partial charge in [-0.25, -0.2) is 0 Å². The molecule has 1 aromatic heterocycles. The van der Waals surface area contributed by atoms with Gasteiger partial charge in [-0.15, -0.1) is 0 Å². The van der Waals surface area contributed by atoms with Gasteiger partial charge >= 0.3 is 0 Å². The zero-order valence-corrected chi connectivity index (χ0v) is 10.00. The van der Waals surface area contributed by atoms with Gasteiger partial charge in [0.2, 0.25) is 0 Å². The molecule has 4 heteroatoms. The minimum Gasteiger partial charge on any atom is -0.367 e. The number of H-pyrrole nitrogens is 1. The minimum atomic E-state index is -0.0720. The van der Waals surface area contributed by atoms with E-state index in [2.05, 4.69) is 10.3 Å². The molecule has 0 fully saturated rings. The molecule has 2 N–H and O–H groups in total. The number of hydrogen-bond donors (Lipinski definition) is 2. The number of nitrogens with one attached hydrogen (secondary N) is 2. The van der Waals surface area contributed by atoms with E-state index in [1.54, 1.807) is 24.3 Å². The van der Waals surface area contributed by atoms with Crippen LogP contribution in [0.4, 0.5) is 0 Å². The molecule has 3 nitrogen and oxygen atoms in total. The first kappa shape index (κ1) is 11.7. The number of hydrogen-bond acceptors (Lipinski definition) is 1. The average molecular weight is 249 g/mol. The van der Waals surface area contributed by atoms with E-state index in [0.717, 1.165) is 6.42 Å². The first-order chi connectivity index (χ1) is 8.25. The lowest BCUT2D eigenvalue weighted by Crippen LogP contribution is -2.25. The monoisotopic (exact) mass is 248 g/mol. The summed E-state index contributed by atoms with van der Waals surface area (Å²) in [5, 5.41) is 3.49. The molecule has 0 saturated heterocycles. The summed E-state index contributed by atoms with van der Waals surface area (Å²) in [6.07, 6.45) is 4.62. The van der Waals surface area contributed by atoms with Gasteiger partial charge in [0, 0.05) is 29.5 Å². The van der Waals surface area contributed by atoms with Crippen LogP contribution in [-0.4, -0.2) is 17.4 Å². The maximum Gasteiger partial charge on any atom is 0.251 e. The van der Waals surface area contributed by atoms with E-state index in [0.29, 0.717) is 17.1 Å². The van der Waals surface area contributed by atoms with Crippen molar-refractivity contribution in [2.24, 2.45) is 0 Å². The Kier molecular flexibility index (Phi) is 3.83. The Morgan fingerprint density at radius 1 is 1.24 bits per heavy atom. The van der Waals surface area contributed by atoms with E-state index < -0.39 is 0 Å². The largest absolute Gasteiger partial charge is 0.367 e. The third-order valence-corrected chi connectivity index (χ3v) is 2.72. The molecule has 17 heavy (non-hydrogen) atoms. The number of carbonyl (C=O) groups excluding carboxylic acids is 1. The zero-order valence-electron chi connectivity index (χ0n) is 9.24. The van der Waals surface area contributed by atoms with E-state index in [9.17, 15) is 4.79 Å². The summed E-state index contributed by atoms with van der Waals surface area (Å²) in [4.78, 5) is 14.7. The Morgan fingerprint density at radius 2 is 2.00 bits per heavy atom. The topological polar surface area (TPSA) is 44.9 Å². The lowest BCUT2D eigenvalue weighted by molar-refractivity contribution is 0.0954. The second-order valence-electron chi connectivity index (χ2n) is 3.73. The van der Waals surface area contributed by atoms with Gasteiger partial charge in [0.15, 0.2) is 0 Å². The van der Waals surface area contributed by atoms with Gasteiger partial charge in [-0.05, 0) is 42.3 Å². The number of benzene rings is 1. The van der Waals surface area contributed by atoms with Gasteiger partial charge in [0.05, 0.1) is 0 Å². The normalized spacial score (nSPS) is 10.2. The second kappa shape index (κ2) is 5.55. The lowest BCUT2D eigenvalue weighted by atomic mass is 10.2. The number of rotatable bonds is 4. The smallest absolute Gasteiger partial charge is 0.251 e. The predicted octanol–water partition coefficient (Wildman–Crippen LogP) is 2.64. The van der Waals surface area contributed by atoms with E-state index in [4.69, 9.17) is 11.6 Å². The molecular weight excluding hydrogens is 236 g/mol. The maximum atomic E-state index is 11.7. The van der Waals surface area contributed by atoms with Crippen molar-refractivity contribution in [1.29, 1.82) is 0 Å². The minimum absolute atomic E-state index is 0.0720. The van der Waals surface area contributed by atoms with Crippen LogP contribution in [0.15, 0.2) is 42.7 Å². The highest BCUT2D eigenvalue weighted by atomic mass is 35.5. The molecule has 0 saturated carbocycles. The quantitative estimate of drug-likeness (QED) is 0.859. The molecule has 2 aromatic rings. The van der Waals surface area contributed by atoms with Gasteiger partial charge in [0.25, 0.3) is 5.91 Å². The Bertz CT molecular complexity index is 477.